The zero-order chi connectivity index (χ0) is 39.6. The second kappa shape index (κ2) is 15.7. The number of aliphatic hydroxyl groups excluding tert-OH is 3. The predicted molar refractivity (Wildman–Crippen MR) is 181 cm³/mol. The van der Waals surface area contributed by atoms with Gasteiger partial charge < -0.3 is 44.7 Å². The van der Waals surface area contributed by atoms with Crippen molar-refractivity contribution in [3.63, 3.8) is 0 Å². The molecule has 0 radical (unpaired) electrons. The molecule has 3 aromatic heterocycles. The number of ether oxygens (including phenoxy) is 3. The van der Waals surface area contributed by atoms with Crippen molar-refractivity contribution in [2.45, 2.75) is 63.0 Å². The number of nitrogens with zero attached hydrogens (tertiary/aromatic N) is 5. The summed E-state index contributed by atoms with van der Waals surface area (Å²) >= 11 is 0. The molecule has 6 rings (SSSR count). The molecule has 1 fully saturated rings. The minimum Gasteiger partial charge on any atom is -0.619 e. The fraction of sp³-hybridized carbons (Fsp3) is 0.278. The molecule has 4 N–H and O–H groups in total. The van der Waals surface area contributed by atoms with Crippen molar-refractivity contribution in [1.82, 2.24) is 19.4 Å². The molecule has 4 heterocycles. The Morgan fingerprint density at radius 1 is 0.982 bits per heavy atom. The minimum absolute atomic E-state index is 0.0112. The third-order valence-electron chi connectivity index (χ3n) is 8.69. The van der Waals surface area contributed by atoms with Crippen LogP contribution in [0.5, 0.6) is 11.5 Å². The van der Waals surface area contributed by atoms with Crippen molar-refractivity contribution in [2.75, 3.05) is 0 Å². The minimum atomic E-state index is -4.91. The van der Waals surface area contributed by atoms with E-state index in [2.05, 4.69) is 14.7 Å². The van der Waals surface area contributed by atoms with Gasteiger partial charge in [0.1, 0.15) is 35.6 Å². The maximum absolute atomic E-state index is 14.1. The van der Waals surface area contributed by atoms with Gasteiger partial charge in [-0.3, -0.25) is 14.2 Å². The van der Waals surface area contributed by atoms with Gasteiger partial charge in [0.05, 0.1) is 30.1 Å². The number of carboxylic acid groups (broad SMARTS) is 1. The van der Waals surface area contributed by atoms with E-state index >= 15 is 0 Å². The quantitative estimate of drug-likeness (QED) is 0.112. The highest BCUT2D eigenvalue weighted by molar-refractivity contribution is 5.79. The molecule has 0 saturated carbocycles. The number of carboxylic acids is 1. The normalized spacial score (nSPS) is 20.5. The van der Waals surface area contributed by atoms with Crippen LogP contribution in [0.3, 0.4) is 0 Å². The molecule has 2 aromatic carbocycles. The second-order valence-corrected chi connectivity index (χ2v) is 12.5. The first-order valence-corrected chi connectivity index (χ1v) is 16.5. The summed E-state index contributed by atoms with van der Waals surface area (Å²) in [6.07, 6.45) is -10.5. The fourth-order valence-corrected chi connectivity index (χ4v) is 5.98. The average Bonchev–Trinajstić information content (AvgIpc) is 3.14. The maximum Gasteiger partial charge on any atom is 0.573 e. The Hall–Kier alpha value is -6.15. The Morgan fingerprint density at radius 3 is 2.33 bits per heavy atom. The highest BCUT2D eigenvalue weighted by Crippen LogP contribution is 2.29. The van der Waals surface area contributed by atoms with Crippen LogP contribution < -0.4 is 19.8 Å². The van der Waals surface area contributed by atoms with Crippen LogP contribution in [0.25, 0.3) is 16.7 Å². The third kappa shape index (κ3) is 8.65. The summed E-state index contributed by atoms with van der Waals surface area (Å²) in [5.74, 6) is -2.57. The van der Waals surface area contributed by atoms with E-state index in [0.717, 1.165) is 12.1 Å². The first kappa shape index (κ1) is 38.6. The van der Waals surface area contributed by atoms with Gasteiger partial charge in [0.25, 0.3) is 5.56 Å². The molecule has 288 valence electrons. The average molecular weight is 768 g/mol. The van der Waals surface area contributed by atoms with Gasteiger partial charge in [0.2, 0.25) is 12.2 Å². The summed E-state index contributed by atoms with van der Waals surface area (Å²) < 4.78 is 54.7. The number of aromatic nitrogens is 4. The molecule has 6 atom stereocenters. The van der Waals surface area contributed by atoms with Gasteiger partial charge in [-0.2, -0.15) is 4.73 Å². The lowest BCUT2D eigenvalue weighted by atomic mass is 9.99. The van der Waals surface area contributed by atoms with Crippen LogP contribution in [0.4, 0.5) is 13.2 Å². The van der Waals surface area contributed by atoms with E-state index in [1.54, 1.807) is 13.0 Å². The van der Waals surface area contributed by atoms with Gasteiger partial charge in [0, 0.05) is 17.8 Å². The number of carbonyl (C=O) groups is 2. The molecular weight excluding hydrogens is 735 g/mol. The van der Waals surface area contributed by atoms with Crippen LogP contribution in [-0.2, 0) is 27.3 Å². The Kier molecular flexibility index (Phi) is 11.0. The Morgan fingerprint density at radius 2 is 1.67 bits per heavy atom. The number of benzene rings is 2. The molecule has 0 aliphatic carbocycles. The lowest BCUT2D eigenvalue weighted by molar-refractivity contribution is -0.605. The summed E-state index contributed by atoms with van der Waals surface area (Å²) in [4.78, 5) is 50.0. The van der Waals surface area contributed by atoms with E-state index in [4.69, 9.17) is 9.47 Å². The number of pyridine rings is 2. The molecular formula is C36H32F3N5O11. The number of alkyl halides is 3. The zero-order valence-corrected chi connectivity index (χ0v) is 28.6. The maximum atomic E-state index is 14.1. The zero-order valence-electron chi connectivity index (χ0n) is 28.6. The van der Waals surface area contributed by atoms with Crippen molar-refractivity contribution in [3.05, 3.63) is 124 Å². The molecule has 5 unspecified atom stereocenters. The predicted octanol–water partition coefficient (Wildman–Crippen LogP) is 1.92. The number of carbonyl (C=O) groups excluding carboxylic acids is 1. The number of halogens is 3. The standard InChI is InChI=1S/C36H32F3N5O11/c1-19(43(18-21-4-3-15-42(52)17-21)26(45)16-20-6-10-24(11-7-20)55-36(37,38)39)32-41-31-25(5-2-14-40-31)33(49)44(32)22-8-12-23(13-9-22)53-35-29(48)27(46)28(47)30(54-35)34(50)51/h2-15,17,19,27-30,35,46-48H,16,18H2,1H3,(H,50,51)/t19-,27?,28?,29?,30?,35?/m1/s1. The first-order valence-electron chi connectivity index (χ1n) is 16.5. The number of aliphatic carboxylic acids is 1. The Labute approximate surface area is 308 Å². The van der Waals surface area contributed by atoms with Gasteiger partial charge in [0.15, 0.2) is 24.1 Å². The summed E-state index contributed by atoms with van der Waals surface area (Å²) in [7, 11) is 0. The van der Waals surface area contributed by atoms with Crippen LogP contribution in [0.2, 0.25) is 0 Å². The van der Waals surface area contributed by atoms with E-state index in [0.29, 0.717) is 15.9 Å². The van der Waals surface area contributed by atoms with E-state index < -0.39 is 66.3 Å². The molecule has 1 saturated heterocycles. The van der Waals surface area contributed by atoms with E-state index in [9.17, 15) is 53.2 Å². The number of hydrogen-bond donors (Lipinski definition) is 4. The van der Waals surface area contributed by atoms with Crippen molar-refractivity contribution in [2.24, 2.45) is 0 Å². The fourth-order valence-electron chi connectivity index (χ4n) is 5.98. The molecule has 5 aromatic rings. The van der Waals surface area contributed by atoms with E-state index in [-0.39, 0.29) is 41.3 Å². The first-order chi connectivity index (χ1) is 26.1. The Bertz CT molecular complexity index is 2240. The van der Waals surface area contributed by atoms with Gasteiger partial charge in [-0.15, -0.1) is 13.2 Å². The number of amides is 1. The summed E-state index contributed by atoms with van der Waals surface area (Å²) in [6, 6.07) is 15.4. The van der Waals surface area contributed by atoms with Crippen LogP contribution >= 0.6 is 0 Å². The van der Waals surface area contributed by atoms with Gasteiger partial charge in [-0.1, -0.05) is 12.1 Å². The molecule has 1 amide bonds. The molecule has 1 aliphatic rings. The monoisotopic (exact) mass is 767 g/mol. The molecule has 16 nitrogen and oxygen atoms in total. The van der Waals surface area contributed by atoms with Crippen LogP contribution in [0.15, 0.2) is 96.2 Å². The summed E-state index contributed by atoms with van der Waals surface area (Å²) in [5, 5.41) is 52.2. The lowest BCUT2D eigenvalue weighted by Crippen LogP contribution is -2.61. The SMILES string of the molecule is C[C@H](c1nc2ncccc2c(=O)n1-c1ccc(OC2OC(C(=O)O)C(O)C(O)C2O)cc1)N(Cc1ccc[n+]([O-])c1)C(=O)Cc1ccc(OC(F)(F)F)cc1. The Balaban J connectivity index is 1.36. The molecule has 0 bridgehead atoms. The van der Waals surface area contributed by atoms with Gasteiger partial charge in [-0.05, 0) is 67.1 Å². The smallest absolute Gasteiger partial charge is 0.573 e. The summed E-state index contributed by atoms with van der Waals surface area (Å²) in [5.41, 5.74) is 0.453. The molecule has 1 aliphatic heterocycles. The number of fused-ring (bicyclic) bond motifs is 1. The van der Waals surface area contributed by atoms with Gasteiger partial charge >= 0.3 is 12.3 Å². The lowest BCUT2D eigenvalue weighted by Gasteiger charge is -2.38. The van der Waals surface area contributed by atoms with E-state index in [1.807, 2.05) is 0 Å². The van der Waals surface area contributed by atoms with E-state index in [1.165, 1.54) is 82.7 Å². The van der Waals surface area contributed by atoms with Gasteiger partial charge in [-0.25, -0.2) is 14.8 Å². The number of hydrogen-bond acceptors (Lipinski definition) is 12. The van der Waals surface area contributed by atoms with Crippen molar-refractivity contribution in [1.29, 1.82) is 0 Å². The molecule has 0 spiro atoms. The molecule has 55 heavy (non-hydrogen) atoms. The van der Waals surface area contributed by atoms with Crippen LogP contribution in [-0.4, -0.2) is 88.8 Å². The van der Waals surface area contributed by atoms with Crippen LogP contribution in [0, 0.1) is 5.21 Å². The van der Waals surface area contributed by atoms with Crippen molar-refractivity contribution >= 4 is 22.9 Å². The molecule has 19 heteroatoms. The topological polar surface area (TPSA) is 221 Å². The highest BCUT2D eigenvalue weighted by Gasteiger charge is 2.48. The summed E-state index contributed by atoms with van der Waals surface area (Å²) in [6.45, 7) is 1.44. The largest absolute Gasteiger partial charge is 0.619 e. The number of rotatable bonds is 11. The van der Waals surface area contributed by atoms with Crippen molar-refractivity contribution < 1.29 is 62.1 Å². The van der Waals surface area contributed by atoms with Crippen LogP contribution in [0.1, 0.15) is 29.9 Å². The highest BCUT2D eigenvalue weighted by atomic mass is 19.4. The number of aliphatic hydroxyl groups is 3. The third-order valence-corrected chi connectivity index (χ3v) is 8.69. The second-order valence-electron chi connectivity index (χ2n) is 12.5. The van der Waals surface area contributed by atoms with Crippen molar-refractivity contribution in [3.8, 4) is 17.2 Å².